The summed E-state index contributed by atoms with van der Waals surface area (Å²) in [6.07, 6.45) is -0.886. The number of anilines is 2. The Morgan fingerprint density at radius 2 is 1.47 bits per heavy atom. The maximum atomic E-state index is 13.8. The summed E-state index contributed by atoms with van der Waals surface area (Å²) < 4.78 is 0. The maximum absolute atomic E-state index is 13.8. The van der Waals surface area contributed by atoms with Crippen molar-refractivity contribution in [3.63, 3.8) is 0 Å². The van der Waals surface area contributed by atoms with E-state index in [1.807, 2.05) is 75.4 Å². The van der Waals surface area contributed by atoms with Gasteiger partial charge in [0.2, 0.25) is 5.91 Å². The lowest BCUT2D eigenvalue weighted by Gasteiger charge is -2.29. The van der Waals surface area contributed by atoms with Gasteiger partial charge in [0, 0.05) is 5.02 Å². The van der Waals surface area contributed by atoms with Gasteiger partial charge in [-0.2, -0.15) is 0 Å². The van der Waals surface area contributed by atoms with E-state index in [-0.39, 0.29) is 11.8 Å². The van der Waals surface area contributed by atoms with Crippen LogP contribution in [0.2, 0.25) is 5.02 Å². The standard InChI is InChI=1S/C26H23ClN2O3/c1-15-13-16(2)22(17(3)14-15)28-25(30)21-23(18-9-11-19(27)12-10-18)29(32-24(21)26(28)31)20-7-5-4-6-8-20/h4-14,21,23-24H,1-3H3/t21-,23-,24-/m0/s1. The molecule has 2 amide bonds. The van der Waals surface area contributed by atoms with Crippen molar-refractivity contribution in [2.45, 2.75) is 32.9 Å². The number of rotatable bonds is 3. The van der Waals surface area contributed by atoms with Crippen molar-refractivity contribution < 1.29 is 14.4 Å². The SMILES string of the molecule is Cc1cc(C)c(N2C(=O)[C@@H]3[C@H](ON(c4ccccc4)[C@H]3c3ccc(Cl)cc3)C2=O)c(C)c1. The monoisotopic (exact) mass is 446 g/mol. The molecule has 0 aromatic heterocycles. The summed E-state index contributed by atoms with van der Waals surface area (Å²) in [5.74, 6) is -1.23. The van der Waals surface area contributed by atoms with E-state index in [9.17, 15) is 9.59 Å². The summed E-state index contributed by atoms with van der Waals surface area (Å²) in [5, 5.41) is 2.30. The fraction of sp³-hybridized carbons (Fsp3) is 0.231. The zero-order valence-corrected chi connectivity index (χ0v) is 18.8. The highest BCUT2D eigenvalue weighted by Gasteiger charge is 2.60. The molecular formula is C26H23ClN2O3. The molecule has 162 valence electrons. The number of benzene rings is 3. The Kier molecular flexibility index (Phi) is 5.03. The first-order valence-corrected chi connectivity index (χ1v) is 11.0. The summed E-state index contributed by atoms with van der Waals surface area (Å²) in [5.41, 5.74) is 5.19. The minimum Gasteiger partial charge on any atom is -0.273 e. The van der Waals surface area contributed by atoms with Crippen LogP contribution in [0.15, 0.2) is 66.7 Å². The topological polar surface area (TPSA) is 49.9 Å². The fourth-order valence-corrected chi connectivity index (χ4v) is 5.08. The molecule has 0 unspecified atom stereocenters. The van der Waals surface area contributed by atoms with E-state index in [4.69, 9.17) is 16.4 Å². The maximum Gasteiger partial charge on any atom is 0.266 e. The normalized spacial score (nSPS) is 22.6. The number of amides is 2. The molecule has 32 heavy (non-hydrogen) atoms. The Labute approximate surface area is 192 Å². The summed E-state index contributed by atoms with van der Waals surface area (Å²) in [6, 6.07) is 20.4. The second-order valence-corrected chi connectivity index (χ2v) is 8.91. The van der Waals surface area contributed by atoms with E-state index in [1.165, 1.54) is 4.90 Å². The van der Waals surface area contributed by atoms with E-state index in [0.717, 1.165) is 27.9 Å². The molecule has 0 saturated carbocycles. The number of hydrogen-bond acceptors (Lipinski definition) is 4. The van der Waals surface area contributed by atoms with E-state index < -0.39 is 18.1 Å². The van der Waals surface area contributed by atoms with Crippen molar-refractivity contribution in [1.82, 2.24) is 0 Å². The quantitative estimate of drug-likeness (QED) is 0.511. The Balaban J connectivity index is 1.61. The number of aryl methyl sites for hydroxylation is 3. The first-order chi connectivity index (χ1) is 15.4. The molecule has 0 spiro atoms. The van der Waals surface area contributed by atoms with Crippen LogP contribution in [-0.4, -0.2) is 17.9 Å². The number of halogens is 1. The molecule has 2 heterocycles. The van der Waals surface area contributed by atoms with Crippen molar-refractivity contribution in [3.05, 3.63) is 94.0 Å². The van der Waals surface area contributed by atoms with Gasteiger partial charge in [-0.1, -0.05) is 59.6 Å². The van der Waals surface area contributed by atoms with Gasteiger partial charge >= 0.3 is 0 Å². The van der Waals surface area contributed by atoms with Gasteiger partial charge in [0.15, 0.2) is 6.10 Å². The van der Waals surface area contributed by atoms with Gasteiger partial charge in [0.1, 0.15) is 5.92 Å². The van der Waals surface area contributed by atoms with Crippen molar-refractivity contribution in [2.75, 3.05) is 9.96 Å². The van der Waals surface area contributed by atoms with Crippen molar-refractivity contribution in [2.24, 2.45) is 5.92 Å². The molecule has 5 rings (SSSR count). The highest BCUT2D eigenvalue weighted by Crippen LogP contribution is 2.48. The second-order valence-electron chi connectivity index (χ2n) is 8.47. The molecule has 2 saturated heterocycles. The first kappa shape index (κ1) is 20.7. The lowest BCUT2D eigenvalue weighted by atomic mass is 9.90. The average molecular weight is 447 g/mol. The van der Waals surface area contributed by atoms with E-state index in [1.54, 1.807) is 17.2 Å². The molecule has 2 aliphatic heterocycles. The summed E-state index contributed by atoms with van der Waals surface area (Å²) in [7, 11) is 0. The number of imide groups is 1. The van der Waals surface area contributed by atoms with E-state index in [0.29, 0.717) is 10.7 Å². The van der Waals surface area contributed by atoms with Crippen molar-refractivity contribution in [1.29, 1.82) is 0 Å². The van der Waals surface area contributed by atoms with Crippen LogP contribution in [-0.2, 0) is 14.4 Å². The molecule has 6 heteroatoms. The van der Waals surface area contributed by atoms with Crippen LogP contribution in [0.5, 0.6) is 0 Å². The fourth-order valence-electron chi connectivity index (χ4n) is 4.96. The summed E-state index contributed by atoms with van der Waals surface area (Å²) in [4.78, 5) is 34.8. The van der Waals surface area contributed by atoms with Crippen LogP contribution in [0.4, 0.5) is 11.4 Å². The molecule has 3 atom stereocenters. The van der Waals surface area contributed by atoms with Crippen LogP contribution in [0, 0.1) is 26.7 Å². The van der Waals surface area contributed by atoms with Gasteiger partial charge in [-0.25, -0.2) is 9.96 Å². The van der Waals surface area contributed by atoms with Gasteiger partial charge in [0.25, 0.3) is 5.91 Å². The van der Waals surface area contributed by atoms with Crippen molar-refractivity contribution >= 4 is 34.8 Å². The number of nitrogens with zero attached hydrogens (tertiary/aromatic N) is 2. The zero-order chi connectivity index (χ0) is 22.6. The molecule has 3 aromatic rings. The molecule has 0 aliphatic carbocycles. The van der Waals surface area contributed by atoms with Crippen LogP contribution in [0.3, 0.4) is 0 Å². The van der Waals surface area contributed by atoms with Crippen molar-refractivity contribution in [3.8, 4) is 0 Å². The van der Waals surface area contributed by atoms with Crippen LogP contribution >= 0.6 is 11.6 Å². The summed E-state index contributed by atoms with van der Waals surface area (Å²) >= 11 is 6.11. The lowest BCUT2D eigenvalue weighted by molar-refractivity contribution is -0.126. The Bertz CT molecular complexity index is 1190. The third-order valence-electron chi connectivity index (χ3n) is 6.20. The third-order valence-corrected chi connectivity index (χ3v) is 6.45. The molecule has 2 fully saturated rings. The minimum atomic E-state index is -0.886. The molecule has 0 bridgehead atoms. The van der Waals surface area contributed by atoms with E-state index >= 15 is 0 Å². The number of carbonyl (C=O) groups excluding carboxylic acids is 2. The number of hydrogen-bond donors (Lipinski definition) is 0. The minimum absolute atomic E-state index is 0.242. The molecular weight excluding hydrogens is 424 g/mol. The second kappa shape index (κ2) is 7.76. The first-order valence-electron chi connectivity index (χ1n) is 10.6. The van der Waals surface area contributed by atoms with Gasteiger partial charge in [0.05, 0.1) is 17.4 Å². The van der Waals surface area contributed by atoms with Crippen LogP contribution in [0.25, 0.3) is 0 Å². The van der Waals surface area contributed by atoms with Gasteiger partial charge in [-0.3, -0.25) is 14.4 Å². The smallest absolute Gasteiger partial charge is 0.266 e. The van der Waals surface area contributed by atoms with Gasteiger partial charge in [-0.15, -0.1) is 0 Å². The highest BCUT2D eigenvalue weighted by molar-refractivity contribution is 6.30. The predicted molar refractivity (Wildman–Crippen MR) is 125 cm³/mol. The Morgan fingerprint density at radius 1 is 0.844 bits per heavy atom. The predicted octanol–water partition coefficient (Wildman–Crippen LogP) is 5.32. The highest BCUT2D eigenvalue weighted by atomic mass is 35.5. The summed E-state index contributed by atoms with van der Waals surface area (Å²) in [6.45, 7) is 5.86. The Morgan fingerprint density at radius 3 is 2.09 bits per heavy atom. The van der Waals surface area contributed by atoms with Gasteiger partial charge < -0.3 is 0 Å². The number of para-hydroxylation sites is 1. The largest absolute Gasteiger partial charge is 0.273 e. The number of carbonyl (C=O) groups is 2. The zero-order valence-electron chi connectivity index (χ0n) is 18.1. The van der Waals surface area contributed by atoms with Crippen LogP contribution < -0.4 is 9.96 Å². The molecule has 0 radical (unpaired) electrons. The average Bonchev–Trinajstić information content (AvgIpc) is 3.26. The third kappa shape index (κ3) is 3.20. The molecule has 5 nitrogen and oxygen atoms in total. The van der Waals surface area contributed by atoms with Crippen LogP contribution in [0.1, 0.15) is 28.3 Å². The number of fused-ring (bicyclic) bond motifs is 1. The molecule has 0 N–H and O–H groups in total. The molecule has 3 aromatic carbocycles. The van der Waals surface area contributed by atoms with Gasteiger partial charge in [-0.05, 0) is 61.7 Å². The molecule has 2 aliphatic rings. The lowest BCUT2D eigenvalue weighted by Crippen LogP contribution is -2.38. The number of hydroxylamine groups is 1. The Hall–Kier alpha value is -3.15. The van der Waals surface area contributed by atoms with E-state index in [2.05, 4.69) is 0 Å².